The van der Waals surface area contributed by atoms with Crippen molar-refractivity contribution in [1.82, 2.24) is 4.90 Å². The van der Waals surface area contributed by atoms with Crippen molar-refractivity contribution in [3.63, 3.8) is 0 Å². The zero-order valence-electron chi connectivity index (χ0n) is 15.0. The third-order valence-electron chi connectivity index (χ3n) is 4.43. The Morgan fingerprint density at radius 3 is 2.19 bits per heavy atom. The number of nitrogens with zero attached hydrogens (tertiary/aromatic N) is 1. The fourth-order valence-electron chi connectivity index (χ4n) is 3.14. The molecule has 1 aliphatic rings. The zero-order valence-corrected chi connectivity index (χ0v) is 16.7. The second kappa shape index (κ2) is 9.15. The van der Waals surface area contributed by atoms with Gasteiger partial charge >= 0.3 is 0 Å². The van der Waals surface area contributed by atoms with Gasteiger partial charge in [0.05, 0.1) is 19.1 Å². The second-order valence-electron chi connectivity index (χ2n) is 6.27. The van der Waals surface area contributed by atoms with Crippen LogP contribution in [0.4, 0.5) is 0 Å². The van der Waals surface area contributed by atoms with Crippen molar-refractivity contribution in [3.8, 4) is 0 Å². The maximum atomic E-state index is 13.1. The Kier molecular flexibility index (Phi) is 6.63. The Morgan fingerprint density at radius 2 is 1.59 bits per heavy atom. The minimum Gasteiger partial charge on any atom is -0.479 e. The normalized spacial score (nSPS) is 19.4. The van der Waals surface area contributed by atoms with Crippen molar-refractivity contribution in [3.05, 3.63) is 71.8 Å². The van der Waals surface area contributed by atoms with Crippen LogP contribution in [0.25, 0.3) is 0 Å². The summed E-state index contributed by atoms with van der Waals surface area (Å²) in [6.45, 7) is 2.57. The van der Waals surface area contributed by atoms with Crippen LogP contribution in [0.2, 0.25) is 0 Å². The van der Waals surface area contributed by atoms with Crippen LogP contribution in [0, 0.1) is 5.92 Å². The SMILES string of the molecule is CCOC(=S)S[C@@H]1C(=O)N(Cc2ccccc2)C(=O)[C@H]1Cc1ccccc1. The number of carbonyl (C=O) groups excluding carboxylic acids is 2. The molecule has 0 bridgehead atoms. The van der Waals surface area contributed by atoms with E-state index in [1.165, 1.54) is 16.7 Å². The number of likely N-dealkylation sites (tertiary alicyclic amines) is 1. The highest BCUT2D eigenvalue weighted by Crippen LogP contribution is 2.35. The molecule has 0 N–H and O–H groups in total. The molecule has 0 radical (unpaired) electrons. The molecule has 2 aromatic carbocycles. The monoisotopic (exact) mass is 399 g/mol. The van der Waals surface area contributed by atoms with Gasteiger partial charge in [-0.15, -0.1) is 0 Å². The lowest BCUT2D eigenvalue weighted by Gasteiger charge is -2.15. The first-order valence-electron chi connectivity index (χ1n) is 8.86. The first kappa shape index (κ1) is 19.6. The fraction of sp³-hybridized carbons (Fsp3) is 0.286. The van der Waals surface area contributed by atoms with Gasteiger partial charge in [0, 0.05) is 0 Å². The van der Waals surface area contributed by atoms with E-state index in [4.69, 9.17) is 17.0 Å². The van der Waals surface area contributed by atoms with Crippen molar-refractivity contribution in [2.24, 2.45) is 5.92 Å². The maximum absolute atomic E-state index is 13.1. The maximum Gasteiger partial charge on any atom is 0.243 e. The summed E-state index contributed by atoms with van der Waals surface area (Å²) in [6.07, 6.45) is 0.503. The molecule has 1 heterocycles. The summed E-state index contributed by atoms with van der Waals surface area (Å²) in [5.74, 6) is -0.798. The molecule has 1 saturated heterocycles. The summed E-state index contributed by atoms with van der Waals surface area (Å²) in [5, 5.41) is -0.555. The summed E-state index contributed by atoms with van der Waals surface area (Å²) in [4.78, 5) is 27.5. The molecule has 2 atom stereocenters. The van der Waals surface area contributed by atoms with Gasteiger partial charge in [0.2, 0.25) is 16.2 Å². The highest BCUT2D eigenvalue weighted by molar-refractivity contribution is 8.23. The summed E-state index contributed by atoms with van der Waals surface area (Å²) in [6, 6.07) is 19.3. The van der Waals surface area contributed by atoms with E-state index >= 15 is 0 Å². The molecule has 0 unspecified atom stereocenters. The number of rotatable bonds is 6. The summed E-state index contributed by atoms with van der Waals surface area (Å²) in [7, 11) is 0. The molecule has 0 saturated carbocycles. The van der Waals surface area contributed by atoms with Crippen LogP contribution in [0.15, 0.2) is 60.7 Å². The molecule has 4 nitrogen and oxygen atoms in total. The predicted molar refractivity (Wildman–Crippen MR) is 111 cm³/mol. The summed E-state index contributed by atoms with van der Waals surface area (Å²) < 4.78 is 5.66. The Hall–Kier alpha value is -2.18. The third-order valence-corrected chi connectivity index (χ3v) is 5.93. The van der Waals surface area contributed by atoms with Gasteiger partial charge in [-0.05, 0) is 36.7 Å². The zero-order chi connectivity index (χ0) is 19.2. The van der Waals surface area contributed by atoms with Crippen LogP contribution in [0.3, 0.4) is 0 Å². The average molecular weight is 400 g/mol. The third kappa shape index (κ3) is 4.76. The van der Waals surface area contributed by atoms with Crippen LogP contribution >= 0.6 is 24.0 Å². The van der Waals surface area contributed by atoms with Crippen LogP contribution in [0.5, 0.6) is 0 Å². The minimum atomic E-state index is -0.555. The molecule has 0 aromatic heterocycles. The lowest BCUT2D eigenvalue weighted by Crippen LogP contribution is -2.31. The van der Waals surface area contributed by atoms with E-state index in [0.717, 1.165) is 11.1 Å². The molecular formula is C21H21NO3S2. The van der Waals surface area contributed by atoms with Gasteiger partial charge in [-0.1, -0.05) is 72.4 Å². The van der Waals surface area contributed by atoms with E-state index in [1.807, 2.05) is 67.6 Å². The van der Waals surface area contributed by atoms with Crippen molar-refractivity contribution < 1.29 is 14.3 Å². The smallest absolute Gasteiger partial charge is 0.243 e. The van der Waals surface area contributed by atoms with E-state index < -0.39 is 11.2 Å². The number of carbonyl (C=O) groups is 2. The molecule has 27 heavy (non-hydrogen) atoms. The lowest BCUT2D eigenvalue weighted by atomic mass is 9.97. The summed E-state index contributed by atoms with van der Waals surface area (Å²) in [5.41, 5.74) is 1.95. The van der Waals surface area contributed by atoms with Crippen LogP contribution < -0.4 is 0 Å². The Morgan fingerprint density at radius 1 is 1.00 bits per heavy atom. The number of thioether (sulfide) groups is 1. The predicted octanol–water partition coefficient (Wildman–Crippen LogP) is 3.84. The van der Waals surface area contributed by atoms with E-state index in [1.54, 1.807) is 0 Å². The topological polar surface area (TPSA) is 46.6 Å². The molecule has 3 rings (SSSR count). The van der Waals surface area contributed by atoms with Crippen LogP contribution in [-0.4, -0.2) is 33.0 Å². The fourth-order valence-corrected chi connectivity index (χ4v) is 4.56. The van der Waals surface area contributed by atoms with Crippen molar-refractivity contribution in [2.45, 2.75) is 25.1 Å². The van der Waals surface area contributed by atoms with Crippen molar-refractivity contribution in [1.29, 1.82) is 0 Å². The largest absolute Gasteiger partial charge is 0.479 e. The molecule has 1 fully saturated rings. The van der Waals surface area contributed by atoms with Gasteiger partial charge in [-0.25, -0.2) is 0 Å². The molecule has 0 aliphatic carbocycles. The Labute approximate surface area is 168 Å². The number of hydrogen-bond donors (Lipinski definition) is 0. The number of hydrogen-bond acceptors (Lipinski definition) is 5. The van der Waals surface area contributed by atoms with E-state index in [-0.39, 0.29) is 18.4 Å². The number of benzene rings is 2. The molecule has 6 heteroatoms. The Balaban J connectivity index is 1.83. The van der Waals surface area contributed by atoms with Crippen molar-refractivity contribution in [2.75, 3.05) is 6.61 Å². The Bertz CT molecular complexity index is 811. The number of ether oxygens (including phenoxy) is 1. The quantitative estimate of drug-likeness (QED) is 0.546. The molecule has 1 aliphatic heterocycles. The standard InChI is InChI=1S/C21H21NO3S2/c1-2-25-21(26)27-18-17(13-15-9-5-3-6-10-15)19(23)22(20(18)24)14-16-11-7-4-8-12-16/h3-12,17-18H,2,13-14H2,1H3/t17-,18-/m0/s1. The van der Waals surface area contributed by atoms with Gasteiger partial charge in [0.25, 0.3) is 0 Å². The molecule has 2 aromatic rings. The first-order chi connectivity index (χ1) is 13.1. The first-order valence-corrected chi connectivity index (χ1v) is 10.2. The van der Waals surface area contributed by atoms with Gasteiger partial charge < -0.3 is 4.74 Å². The molecule has 0 spiro atoms. The van der Waals surface area contributed by atoms with Gasteiger partial charge in [0.15, 0.2) is 0 Å². The summed E-state index contributed by atoms with van der Waals surface area (Å²) >= 11 is 6.41. The van der Waals surface area contributed by atoms with Crippen LogP contribution in [0.1, 0.15) is 18.1 Å². The highest BCUT2D eigenvalue weighted by atomic mass is 32.2. The molecule has 2 amide bonds. The lowest BCUT2D eigenvalue weighted by molar-refractivity contribution is -0.140. The minimum absolute atomic E-state index is 0.149. The van der Waals surface area contributed by atoms with E-state index in [2.05, 4.69) is 0 Å². The molecular weight excluding hydrogens is 378 g/mol. The van der Waals surface area contributed by atoms with Gasteiger partial charge in [-0.3, -0.25) is 14.5 Å². The van der Waals surface area contributed by atoms with E-state index in [9.17, 15) is 9.59 Å². The van der Waals surface area contributed by atoms with Gasteiger partial charge in [0.1, 0.15) is 5.25 Å². The van der Waals surface area contributed by atoms with E-state index in [0.29, 0.717) is 17.4 Å². The highest BCUT2D eigenvalue weighted by Gasteiger charge is 2.48. The molecule has 140 valence electrons. The van der Waals surface area contributed by atoms with Crippen molar-refractivity contribution >= 4 is 40.2 Å². The number of amides is 2. The second-order valence-corrected chi connectivity index (χ2v) is 8.01. The van der Waals surface area contributed by atoms with Crippen LogP contribution in [-0.2, 0) is 27.3 Å². The number of imide groups is 1. The number of thiocarbonyl (C=S) groups is 1. The average Bonchev–Trinajstić information content (AvgIpc) is 2.89. The van der Waals surface area contributed by atoms with Gasteiger partial charge in [-0.2, -0.15) is 0 Å².